The number of hydrogen-bond donors (Lipinski definition) is 1. The molecule has 1 aromatic heterocycles. The maximum atomic E-state index is 12.3. The second-order valence-electron chi connectivity index (χ2n) is 7.51. The summed E-state index contributed by atoms with van der Waals surface area (Å²) in [6, 6.07) is 15.4. The number of rotatable bonds is 5. The summed E-state index contributed by atoms with van der Waals surface area (Å²) < 4.78 is 1.84. The van der Waals surface area contributed by atoms with E-state index in [0.717, 1.165) is 11.3 Å². The van der Waals surface area contributed by atoms with Crippen LogP contribution in [0.2, 0.25) is 5.02 Å². The van der Waals surface area contributed by atoms with Crippen molar-refractivity contribution in [2.75, 3.05) is 11.1 Å². The highest BCUT2D eigenvalue weighted by atomic mass is 35.5. The molecule has 0 atom stereocenters. The van der Waals surface area contributed by atoms with Crippen molar-refractivity contribution in [3.63, 3.8) is 0 Å². The Balaban J connectivity index is 1.62. The van der Waals surface area contributed by atoms with Crippen LogP contribution in [0.25, 0.3) is 11.4 Å². The van der Waals surface area contributed by atoms with Crippen LogP contribution in [-0.2, 0) is 17.3 Å². The third kappa shape index (κ3) is 4.75. The Morgan fingerprint density at radius 3 is 2.43 bits per heavy atom. The number of anilines is 1. The van der Waals surface area contributed by atoms with Gasteiger partial charge in [-0.1, -0.05) is 68.4 Å². The molecule has 0 aliphatic carbocycles. The third-order valence-corrected chi connectivity index (χ3v) is 5.67. The molecule has 28 heavy (non-hydrogen) atoms. The fourth-order valence-electron chi connectivity index (χ4n) is 2.70. The maximum absolute atomic E-state index is 12.3. The number of nitrogens with one attached hydrogen (secondary N) is 1. The van der Waals surface area contributed by atoms with E-state index in [-0.39, 0.29) is 17.1 Å². The van der Waals surface area contributed by atoms with Crippen LogP contribution < -0.4 is 5.32 Å². The molecule has 2 aromatic carbocycles. The average molecular weight is 415 g/mol. The predicted octanol–water partition coefficient (Wildman–Crippen LogP) is 5.16. The normalized spacial score (nSPS) is 11.5. The van der Waals surface area contributed by atoms with E-state index in [1.807, 2.05) is 60.1 Å². The zero-order valence-electron chi connectivity index (χ0n) is 16.4. The summed E-state index contributed by atoms with van der Waals surface area (Å²) in [4.78, 5) is 12.3. The molecule has 1 heterocycles. The first-order valence-electron chi connectivity index (χ1n) is 8.93. The first-order valence-corrected chi connectivity index (χ1v) is 10.3. The topological polar surface area (TPSA) is 59.8 Å². The van der Waals surface area contributed by atoms with Crippen LogP contribution in [0.15, 0.2) is 53.7 Å². The number of carbonyl (C=O) groups is 1. The van der Waals surface area contributed by atoms with E-state index in [2.05, 4.69) is 36.3 Å². The molecule has 7 heteroatoms. The van der Waals surface area contributed by atoms with E-state index in [1.165, 1.54) is 17.3 Å². The first kappa shape index (κ1) is 20.4. The predicted molar refractivity (Wildman–Crippen MR) is 116 cm³/mol. The lowest BCUT2D eigenvalue weighted by Gasteiger charge is -2.19. The number of nitrogens with zero attached hydrogens (tertiary/aromatic N) is 3. The Hall–Kier alpha value is -2.31. The SMILES string of the molecule is Cn1c(SCC(=O)Nc2ccc(C(C)(C)C)cc2)nnc1-c1ccccc1Cl. The molecule has 0 fully saturated rings. The Morgan fingerprint density at radius 2 is 1.79 bits per heavy atom. The lowest BCUT2D eigenvalue weighted by atomic mass is 9.87. The molecule has 0 saturated carbocycles. The molecule has 146 valence electrons. The molecule has 0 saturated heterocycles. The van der Waals surface area contributed by atoms with Crippen LogP contribution in [0.4, 0.5) is 5.69 Å². The Morgan fingerprint density at radius 1 is 1.11 bits per heavy atom. The minimum atomic E-state index is -0.0872. The highest BCUT2D eigenvalue weighted by Gasteiger charge is 2.16. The largest absolute Gasteiger partial charge is 0.325 e. The van der Waals surface area contributed by atoms with Gasteiger partial charge in [0.2, 0.25) is 5.91 Å². The van der Waals surface area contributed by atoms with Crippen LogP contribution >= 0.6 is 23.4 Å². The van der Waals surface area contributed by atoms with Crippen molar-refractivity contribution in [3.05, 3.63) is 59.1 Å². The fraction of sp³-hybridized carbons (Fsp3) is 0.286. The van der Waals surface area contributed by atoms with Crippen molar-refractivity contribution < 1.29 is 4.79 Å². The summed E-state index contributed by atoms with van der Waals surface area (Å²) in [5.41, 5.74) is 2.91. The summed E-state index contributed by atoms with van der Waals surface area (Å²) >= 11 is 7.58. The van der Waals surface area contributed by atoms with Crippen molar-refractivity contribution in [2.24, 2.45) is 7.05 Å². The molecular formula is C21H23ClN4OS. The van der Waals surface area contributed by atoms with E-state index >= 15 is 0 Å². The summed E-state index contributed by atoms with van der Waals surface area (Å²) in [7, 11) is 1.87. The van der Waals surface area contributed by atoms with Gasteiger partial charge in [0, 0.05) is 18.3 Å². The second-order valence-corrected chi connectivity index (χ2v) is 8.86. The van der Waals surface area contributed by atoms with Crippen LogP contribution in [0, 0.1) is 0 Å². The Labute approximate surface area is 174 Å². The fourth-order valence-corrected chi connectivity index (χ4v) is 3.63. The zero-order chi connectivity index (χ0) is 20.3. The quantitative estimate of drug-likeness (QED) is 0.585. The van der Waals surface area contributed by atoms with Crippen molar-refractivity contribution in [1.82, 2.24) is 14.8 Å². The van der Waals surface area contributed by atoms with Gasteiger partial charge in [-0.05, 0) is 35.2 Å². The summed E-state index contributed by atoms with van der Waals surface area (Å²) in [5.74, 6) is 0.831. The van der Waals surface area contributed by atoms with Gasteiger partial charge in [-0.2, -0.15) is 0 Å². The molecule has 5 nitrogen and oxygen atoms in total. The maximum Gasteiger partial charge on any atom is 0.234 e. The van der Waals surface area contributed by atoms with Crippen LogP contribution in [0.5, 0.6) is 0 Å². The highest BCUT2D eigenvalue weighted by molar-refractivity contribution is 7.99. The number of aromatic nitrogens is 3. The smallest absolute Gasteiger partial charge is 0.234 e. The van der Waals surface area contributed by atoms with Crippen LogP contribution in [-0.4, -0.2) is 26.4 Å². The minimum Gasteiger partial charge on any atom is -0.325 e. The zero-order valence-corrected chi connectivity index (χ0v) is 17.9. The molecule has 0 bridgehead atoms. The molecule has 1 amide bonds. The van der Waals surface area contributed by atoms with E-state index in [4.69, 9.17) is 11.6 Å². The Bertz CT molecular complexity index is 977. The molecule has 0 spiro atoms. The van der Waals surface area contributed by atoms with Gasteiger partial charge in [-0.15, -0.1) is 10.2 Å². The summed E-state index contributed by atoms with van der Waals surface area (Å²) in [6.07, 6.45) is 0. The van der Waals surface area contributed by atoms with Gasteiger partial charge >= 0.3 is 0 Å². The van der Waals surface area contributed by atoms with Gasteiger partial charge in [0.25, 0.3) is 0 Å². The van der Waals surface area contributed by atoms with Crippen molar-refractivity contribution in [3.8, 4) is 11.4 Å². The van der Waals surface area contributed by atoms with Crippen LogP contribution in [0.3, 0.4) is 0 Å². The standard InChI is InChI=1S/C21H23ClN4OS/c1-21(2,3)14-9-11-15(12-10-14)23-18(27)13-28-20-25-24-19(26(20)4)16-7-5-6-8-17(16)22/h5-12H,13H2,1-4H3,(H,23,27). The lowest BCUT2D eigenvalue weighted by molar-refractivity contribution is -0.113. The Kier molecular flexibility index (Phi) is 6.10. The number of hydrogen-bond acceptors (Lipinski definition) is 4. The molecule has 0 aliphatic rings. The molecule has 1 N–H and O–H groups in total. The molecule has 0 unspecified atom stereocenters. The molecule has 0 radical (unpaired) electrons. The average Bonchev–Trinajstić information content (AvgIpc) is 3.00. The lowest BCUT2D eigenvalue weighted by Crippen LogP contribution is -2.15. The summed E-state index contributed by atoms with van der Waals surface area (Å²) in [6.45, 7) is 6.49. The van der Waals surface area contributed by atoms with Gasteiger partial charge in [-0.25, -0.2) is 0 Å². The van der Waals surface area contributed by atoms with Crippen LogP contribution in [0.1, 0.15) is 26.3 Å². The summed E-state index contributed by atoms with van der Waals surface area (Å²) in [5, 5.41) is 12.6. The van der Waals surface area contributed by atoms with E-state index in [9.17, 15) is 4.79 Å². The van der Waals surface area contributed by atoms with Gasteiger partial charge < -0.3 is 9.88 Å². The van der Waals surface area contributed by atoms with Gasteiger partial charge in [0.1, 0.15) is 0 Å². The van der Waals surface area contributed by atoms with E-state index in [1.54, 1.807) is 0 Å². The first-order chi connectivity index (χ1) is 13.3. The minimum absolute atomic E-state index is 0.0863. The van der Waals surface area contributed by atoms with Gasteiger partial charge in [0.15, 0.2) is 11.0 Å². The monoisotopic (exact) mass is 414 g/mol. The van der Waals surface area contributed by atoms with Crippen molar-refractivity contribution >= 4 is 35.0 Å². The van der Waals surface area contributed by atoms with Crippen molar-refractivity contribution in [1.29, 1.82) is 0 Å². The number of halogens is 1. The number of thioether (sulfide) groups is 1. The number of benzene rings is 2. The molecule has 3 rings (SSSR count). The number of amides is 1. The highest BCUT2D eigenvalue weighted by Crippen LogP contribution is 2.28. The van der Waals surface area contributed by atoms with Crippen molar-refractivity contribution in [2.45, 2.75) is 31.3 Å². The molecular weight excluding hydrogens is 392 g/mol. The van der Waals surface area contributed by atoms with Gasteiger partial charge in [0.05, 0.1) is 10.8 Å². The number of carbonyl (C=O) groups excluding carboxylic acids is 1. The van der Waals surface area contributed by atoms with E-state index in [0.29, 0.717) is 16.0 Å². The molecule has 3 aromatic rings. The second kappa shape index (κ2) is 8.37. The van der Waals surface area contributed by atoms with E-state index < -0.39 is 0 Å². The molecule has 0 aliphatic heterocycles. The third-order valence-electron chi connectivity index (χ3n) is 4.32. The van der Waals surface area contributed by atoms with Gasteiger partial charge in [-0.3, -0.25) is 4.79 Å².